The van der Waals surface area contributed by atoms with E-state index < -0.39 is 10.8 Å². The van der Waals surface area contributed by atoms with Gasteiger partial charge in [0.2, 0.25) is 0 Å². The van der Waals surface area contributed by atoms with Crippen LogP contribution in [0.15, 0.2) is 30.3 Å². The zero-order valence-corrected chi connectivity index (χ0v) is 12.1. The topological polar surface area (TPSA) is 33.2 Å². The SMILES string of the molecule is O=S1CCN(c2nc3ccccc3cc2CCl)CC1. The second kappa shape index (κ2) is 5.47. The van der Waals surface area contributed by atoms with Crippen LogP contribution < -0.4 is 4.90 Å². The number of hydrogen-bond donors (Lipinski definition) is 0. The lowest BCUT2D eigenvalue weighted by Crippen LogP contribution is -2.38. The average molecular weight is 295 g/mol. The summed E-state index contributed by atoms with van der Waals surface area (Å²) in [7, 11) is -0.673. The molecule has 0 amide bonds. The van der Waals surface area contributed by atoms with Crippen molar-refractivity contribution in [3.8, 4) is 0 Å². The number of hydrogen-bond acceptors (Lipinski definition) is 3. The monoisotopic (exact) mass is 294 g/mol. The van der Waals surface area contributed by atoms with Gasteiger partial charge in [0.05, 0.1) is 11.4 Å². The summed E-state index contributed by atoms with van der Waals surface area (Å²) in [6.07, 6.45) is 0. The zero-order chi connectivity index (χ0) is 13.2. The molecule has 1 aliphatic heterocycles. The molecule has 0 spiro atoms. The molecule has 3 nitrogen and oxygen atoms in total. The fourth-order valence-electron chi connectivity index (χ4n) is 2.37. The Labute approximate surface area is 120 Å². The highest BCUT2D eigenvalue weighted by atomic mass is 35.5. The maximum absolute atomic E-state index is 11.4. The van der Waals surface area contributed by atoms with E-state index in [1.165, 1.54) is 0 Å². The van der Waals surface area contributed by atoms with E-state index in [1.54, 1.807) is 0 Å². The Morgan fingerprint density at radius 1 is 1.26 bits per heavy atom. The van der Waals surface area contributed by atoms with Gasteiger partial charge in [-0.15, -0.1) is 11.6 Å². The summed E-state index contributed by atoms with van der Waals surface area (Å²) < 4.78 is 11.4. The summed E-state index contributed by atoms with van der Waals surface area (Å²) >= 11 is 6.05. The van der Waals surface area contributed by atoms with Gasteiger partial charge in [-0.2, -0.15) is 0 Å². The molecule has 2 aromatic rings. The Hall–Kier alpha value is -1.13. The minimum atomic E-state index is -0.673. The van der Waals surface area contributed by atoms with Gasteiger partial charge in [-0.1, -0.05) is 18.2 Å². The summed E-state index contributed by atoms with van der Waals surface area (Å²) in [5, 5.41) is 1.11. The second-order valence-corrected chi connectivity index (χ2v) is 6.60. The number of alkyl halides is 1. The van der Waals surface area contributed by atoms with Crippen LogP contribution in [0.1, 0.15) is 5.56 Å². The molecule has 0 unspecified atom stereocenters. The highest BCUT2D eigenvalue weighted by Gasteiger charge is 2.19. The van der Waals surface area contributed by atoms with Crippen molar-refractivity contribution < 1.29 is 4.21 Å². The number of anilines is 1. The summed E-state index contributed by atoms with van der Waals surface area (Å²) in [6.45, 7) is 1.59. The molecule has 1 saturated heterocycles. The van der Waals surface area contributed by atoms with Crippen molar-refractivity contribution in [1.29, 1.82) is 0 Å². The van der Waals surface area contributed by atoms with Gasteiger partial charge in [0, 0.05) is 46.3 Å². The van der Waals surface area contributed by atoms with E-state index in [1.807, 2.05) is 24.3 Å². The molecule has 0 atom stereocenters. The van der Waals surface area contributed by atoms with Crippen molar-refractivity contribution >= 4 is 39.1 Å². The maximum atomic E-state index is 11.4. The third-order valence-corrected chi connectivity index (χ3v) is 4.97. The number of para-hydroxylation sites is 1. The average Bonchev–Trinajstić information content (AvgIpc) is 2.46. The predicted octanol–water partition coefficient (Wildman–Crippen LogP) is 2.54. The smallest absolute Gasteiger partial charge is 0.133 e. The third-order valence-electron chi connectivity index (χ3n) is 3.40. The molecule has 1 aromatic carbocycles. The van der Waals surface area contributed by atoms with Gasteiger partial charge in [-0.25, -0.2) is 4.98 Å². The normalized spacial score (nSPS) is 17.0. The molecule has 1 fully saturated rings. The lowest BCUT2D eigenvalue weighted by atomic mass is 10.1. The fraction of sp³-hybridized carbons (Fsp3) is 0.357. The molecule has 100 valence electrons. The Balaban J connectivity index is 2.03. The molecule has 0 radical (unpaired) electrons. The maximum Gasteiger partial charge on any atom is 0.133 e. The molecule has 0 saturated carbocycles. The lowest BCUT2D eigenvalue weighted by molar-refractivity contribution is 0.672. The van der Waals surface area contributed by atoms with Crippen LogP contribution in [0.2, 0.25) is 0 Å². The van der Waals surface area contributed by atoms with E-state index in [0.717, 1.165) is 46.9 Å². The first kappa shape index (κ1) is 12.9. The van der Waals surface area contributed by atoms with Crippen molar-refractivity contribution in [2.75, 3.05) is 29.5 Å². The Morgan fingerprint density at radius 2 is 2.00 bits per heavy atom. The van der Waals surface area contributed by atoms with Crippen LogP contribution >= 0.6 is 11.6 Å². The standard InChI is InChI=1S/C14H15ClN2OS/c15-10-12-9-11-3-1-2-4-13(11)16-14(12)17-5-7-19(18)8-6-17/h1-4,9H,5-8,10H2. The summed E-state index contributed by atoms with van der Waals surface area (Å²) in [5.41, 5.74) is 2.03. The second-order valence-electron chi connectivity index (χ2n) is 4.63. The minimum absolute atomic E-state index is 0.451. The van der Waals surface area contributed by atoms with E-state index in [0.29, 0.717) is 5.88 Å². The summed E-state index contributed by atoms with van der Waals surface area (Å²) in [5.74, 6) is 2.84. The quantitative estimate of drug-likeness (QED) is 0.798. The third kappa shape index (κ3) is 2.60. The molecule has 0 aliphatic carbocycles. The lowest BCUT2D eigenvalue weighted by Gasteiger charge is -2.29. The number of fused-ring (bicyclic) bond motifs is 1. The minimum Gasteiger partial charge on any atom is -0.354 e. The summed E-state index contributed by atoms with van der Waals surface area (Å²) in [4.78, 5) is 6.94. The van der Waals surface area contributed by atoms with Gasteiger partial charge in [0.1, 0.15) is 5.82 Å². The molecule has 0 N–H and O–H groups in total. The highest BCUT2D eigenvalue weighted by molar-refractivity contribution is 7.85. The van der Waals surface area contributed by atoms with Crippen molar-refractivity contribution in [3.63, 3.8) is 0 Å². The van der Waals surface area contributed by atoms with Crippen LogP contribution in [0.25, 0.3) is 10.9 Å². The molecule has 0 bridgehead atoms. The molecular formula is C14H15ClN2OS. The van der Waals surface area contributed by atoms with Gasteiger partial charge < -0.3 is 4.90 Å². The van der Waals surface area contributed by atoms with Gasteiger partial charge >= 0.3 is 0 Å². The zero-order valence-electron chi connectivity index (χ0n) is 10.5. The largest absolute Gasteiger partial charge is 0.354 e. The first-order chi connectivity index (χ1) is 9.28. The van der Waals surface area contributed by atoms with Crippen LogP contribution in [0, 0.1) is 0 Å². The first-order valence-corrected chi connectivity index (χ1v) is 8.35. The van der Waals surface area contributed by atoms with E-state index >= 15 is 0 Å². The van der Waals surface area contributed by atoms with Crippen LogP contribution in [0.5, 0.6) is 0 Å². The molecule has 2 heterocycles. The molecule has 19 heavy (non-hydrogen) atoms. The number of aromatic nitrogens is 1. The van der Waals surface area contributed by atoms with Crippen molar-refractivity contribution in [1.82, 2.24) is 4.98 Å². The van der Waals surface area contributed by atoms with Gasteiger partial charge in [0.15, 0.2) is 0 Å². The molecule has 5 heteroatoms. The van der Waals surface area contributed by atoms with E-state index in [9.17, 15) is 4.21 Å². The molecule has 3 rings (SSSR count). The Kier molecular flexibility index (Phi) is 3.71. The van der Waals surface area contributed by atoms with Gasteiger partial charge in [0.25, 0.3) is 0 Å². The van der Waals surface area contributed by atoms with Crippen molar-refractivity contribution in [3.05, 3.63) is 35.9 Å². The van der Waals surface area contributed by atoms with Crippen LogP contribution in [-0.2, 0) is 16.7 Å². The van der Waals surface area contributed by atoms with Gasteiger partial charge in [-0.05, 0) is 12.1 Å². The first-order valence-electron chi connectivity index (χ1n) is 6.32. The van der Waals surface area contributed by atoms with E-state index in [4.69, 9.17) is 16.6 Å². The van der Waals surface area contributed by atoms with Crippen molar-refractivity contribution in [2.45, 2.75) is 5.88 Å². The Bertz CT molecular complexity index is 622. The number of benzene rings is 1. The van der Waals surface area contributed by atoms with Crippen LogP contribution in [0.4, 0.5) is 5.82 Å². The molecule has 1 aliphatic rings. The number of rotatable bonds is 2. The predicted molar refractivity (Wildman–Crippen MR) is 81.4 cm³/mol. The van der Waals surface area contributed by atoms with Crippen LogP contribution in [-0.4, -0.2) is 33.8 Å². The van der Waals surface area contributed by atoms with Crippen molar-refractivity contribution in [2.24, 2.45) is 0 Å². The number of pyridine rings is 1. The number of halogens is 1. The molecular weight excluding hydrogens is 280 g/mol. The van der Waals surface area contributed by atoms with Gasteiger partial charge in [-0.3, -0.25) is 4.21 Å². The highest BCUT2D eigenvalue weighted by Crippen LogP contribution is 2.25. The molecule has 1 aromatic heterocycles. The number of nitrogens with zero attached hydrogens (tertiary/aromatic N) is 2. The Morgan fingerprint density at radius 3 is 2.74 bits per heavy atom. The van der Waals surface area contributed by atoms with E-state index in [-0.39, 0.29) is 0 Å². The summed E-state index contributed by atoms with van der Waals surface area (Å²) in [6, 6.07) is 10.2. The van der Waals surface area contributed by atoms with E-state index in [2.05, 4.69) is 11.0 Å². The fourth-order valence-corrected chi connectivity index (χ4v) is 3.62. The van der Waals surface area contributed by atoms with Crippen LogP contribution in [0.3, 0.4) is 0 Å².